The molecule has 0 saturated heterocycles. The summed E-state index contributed by atoms with van der Waals surface area (Å²) in [6, 6.07) is 30.3. The van der Waals surface area contributed by atoms with Crippen LogP contribution in [0, 0.1) is 6.92 Å². The van der Waals surface area contributed by atoms with Gasteiger partial charge in [0.05, 0.1) is 0 Å². The maximum Gasteiger partial charge on any atom is 0.124 e. The summed E-state index contributed by atoms with van der Waals surface area (Å²) in [6.07, 6.45) is 0. The van der Waals surface area contributed by atoms with E-state index in [9.17, 15) is 0 Å². The molecule has 2 nitrogen and oxygen atoms in total. The van der Waals surface area contributed by atoms with Crippen LogP contribution < -0.4 is 9.64 Å². The molecule has 0 unspecified atom stereocenters. The predicted octanol–water partition coefficient (Wildman–Crippen LogP) is 10.1. The number of hydrogen-bond acceptors (Lipinski definition) is 2. The van der Waals surface area contributed by atoms with E-state index in [1.165, 1.54) is 22.3 Å². The highest BCUT2D eigenvalue weighted by molar-refractivity contribution is 9.10. The molecule has 1 heterocycles. The standard InChI is InChI=1S/C31H29Br2NO/c1-20-18-21(22-7-17-29-27(19-22)30(2,3)31(4,5)35-29)6-16-28(20)34(25-12-8-23(32)9-13-25)26-14-10-24(33)11-15-26/h6-19H,1-5H3. The van der Waals surface area contributed by atoms with Gasteiger partial charge in [-0.1, -0.05) is 57.8 Å². The number of anilines is 3. The number of halogens is 2. The molecule has 0 aromatic heterocycles. The summed E-state index contributed by atoms with van der Waals surface area (Å²) < 4.78 is 8.41. The first-order chi connectivity index (χ1) is 16.6. The van der Waals surface area contributed by atoms with Crippen molar-refractivity contribution < 1.29 is 4.74 Å². The molecule has 0 bridgehead atoms. The Morgan fingerprint density at radius 3 is 1.71 bits per heavy atom. The van der Waals surface area contributed by atoms with Crippen LogP contribution in [0.15, 0.2) is 93.9 Å². The minimum absolute atomic E-state index is 0.0622. The minimum atomic E-state index is -0.233. The fraction of sp³-hybridized carbons (Fsp3) is 0.226. The smallest absolute Gasteiger partial charge is 0.124 e. The molecule has 5 rings (SSSR count). The number of nitrogens with zero attached hydrogens (tertiary/aromatic N) is 1. The zero-order valence-corrected chi connectivity index (χ0v) is 23.9. The van der Waals surface area contributed by atoms with E-state index in [2.05, 4.69) is 156 Å². The van der Waals surface area contributed by atoms with Crippen LogP contribution in [0.4, 0.5) is 17.1 Å². The molecule has 0 saturated carbocycles. The first-order valence-electron chi connectivity index (χ1n) is 11.8. The topological polar surface area (TPSA) is 12.5 Å². The van der Waals surface area contributed by atoms with Gasteiger partial charge in [-0.15, -0.1) is 0 Å². The van der Waals surface area contributed by atoms with Gasteiger partial charge in [-0.05, 0) is 110 Å². The Hall–Kier alpha value is -2.56. The number of aryl methyl sites for hydroxylation is 1. The van der Waals surface area contributed by atoms with E-state index in [1.807, 2.05) is 0 Å². The number of ether oxygens (including phenoxy) is 1. The van der Waals surface area contributed by atoms with E-state index in [-0.39, 0.29) is 11.0 Å². The molecular formula is C31H29Br2NO. The molecular weight excluding hydrogens is 562 g/mol. The van der Waals surface area contributed by atoms with Crippen LogP contribution in [-0.2, 0) is 5.41 Å². The lowest BCUT2D eigenvalue weighted by atomic mass is 9.73. The molecule has 0 atom stereocenters. The second-order valence-electron chi connectivity index (χ2n) is 10.2. The van der Waals surface area contributed by atoms with Gasteiger partial charge in [0.15, 0.2) is 0 Å². The Kier molecular flexibility index (Phi) is 6.09. The number of fused-ring (bicyclic) bond motifs is 1. The lowest BCUT2D eigenvalue weighted by molar-refractivity contribution is 0.0712. The largest absolute Gasteiger partial charge is 0.487 e. The van der Waals surface area contributed by atoms with Crippen molar-refractivity contribution >= 4 is 48.9 Å². The van der Waals surface area contributed by atoms with Crippen molar-refractivity contribution in [2.75, 3.05) is 4.90 Å². The van der Waals surface area contributed by atoms with E-state index in [0.29, 0.717) is 0 Å². The highest BCUT2D eigenvalue weighted by Crippen LogP contribution is 2.50. The zero-order chi connectivity index (χ0) is 25.0. The summed E-state index contributed by atoms with van der Waals surface area (Å²) in [5.41, 5.74) is 8.00. The zero-order valence-electron chi connectivity index (χ0n) is 20.7. The maximum absolute atomic E-state index is 6.28. The van der Waals surface area contributed by atoms with Crippen LogP contribution in [0.5, 0.6) is 5.75 Å². The predicted molar refractivity (Wildman–Crippen MR) is 154 cm³/mol. The summed E-state index contributed by atoms with van der Waals surface area (Å²) in [5, 5.41) is 0. The van der Waals surface area contributed by atoms with Crippen LogP contribution in [0.3, 0.4) is 0 Å². The SMILES string of the molecule is Cc1cc(-c2ccc3c(c2)C(C)(C)C(C)(C)O3)ccc1N(c1ccc(Br)cc1)c1ccc(Br)cc1. The van der Waals surface area contributed by atoms with E-state index < -0.39 is 0 Å². The fourth-order valence-corrected chi connectivity index (χ4v) is 5.24. The van der Waals surface area contributed by atoms with Gasteiger partial charge in [0.1, 0.15) is 11.4 Å². The summed E-state index contributed by atoms with van der Waals surface area (Å²) >= 11 is 7.14. The second-order valence-corrected chi connectivity index (χ2v) is 12.1. The van der Waals surface area contributed by atoms with Crippen LogP contribution in [0.2, 0.25) is 0 Å². The quantitative estimate of drug-likeness (QED) is 0.234. The second kappa shape index (κ2) is 8.83. The molecule has 0 amide bonds. The van der Waals surface area contributed by atoms with Gasteiger partial charge in [-0.2, -0.15) is 0 Å². The van der Waals surface area contributed by atoms with Gasteiger partial charge in [-0.3, -0.25) is 0 Å². The van der Waals surface area contributed by atoms with Gasteiger partial charge in [0.2, 0.25) is 0 Å². The van der Waals surface area contributed by atoms with E-state index in [1.54, 1.807) is 0 Å². The van der Waals surface area contributed by atoms with Crippen LogP contribution >= 0.6 is 31.9 Å². The number of rotatable bonds is 4. The Morgan fingerprint density at radius 1 is 0.657 bits per heavy atom. The highest BCUT2D eigenvalue weighted by Gasteiger charge is 2.47. The third kappa shape index (κ3) is 4.32. The molecule has 178 valence electrons. The van der Waals surface area contributed by atoms with Crippen molar-refractivity contribution in [3.63, 3.8) is 0 Å². The minimum Gasteiger partial charge on any atom is -0.487 e. The average molecular weight is 591 g/mol. The molecule has 0 spiro atoms. The maximum atomic E-state index is 6.28. The van der Waals surface area contributed by atoms with Gasteiger partial charge < -0.3 is 9.64 Å². The van der Waals surface area contributed by atoms with Crippen molar-refractivity contribution in [3.05, 3.63) is 105 Å². The Morgan fingerprint density at radius 2 is 1.17 bits per heavy atom. The van der Waals surface area contributed by atoms with Gasteiger partial charge in [0.25, 0.3) is 0 Å². The normalized spacial score (nSPS) is 15.4. The summed E-state index contributed by atoms with van der Waals surface area (Å²) in [7, 11) is 0. The monoisotopic (exact) mass is 589 g/mol. The van der Waals surface area contributed by atoms with Crippen molar-refractivity contribution in [2.24, 2.45) is 0 Å². The van der Waals surface area contributed by atoms with Crippen LogP contribution in [-0.4, -0.2) is 5.60 Å². The summed E-state index contributed by atoms with van der Waals surface area (Å²) in [5.74, 6) is 0.994. The van der Waals surface area contributed by atoms with Crippen LogP contribution in [0.1, 0.15) is 38.8 Å². The third-order valence-corrected chi connectivity index (χ3v) is 8.52. The number of benzene rings is 4. The Bertz CT molecular complexity index is 1340. The molecule has 4 aromatic carbocycles. The van der Waals surface area contributed by atoms with Gasteiger partial charge in [-0.25, -0.2) is 0 Å². The average Bonchev–Trinajstić information content (AvgIpc) is 3.00. The first-order valence-corrected chi connectivity index (χ1v) is 13.4. The Labute approximate surface area is 225 Å². The lowest BCUT2D eigenvalue weighted by Crippen LogP contribution is -2.41. The molecule has 4 heteroatoms. The van der Waals surface area contributed by atoms with Gasteiger partial charge in [0, 0.05) is 37.0 Å². The van der Waals surface area contributed by atoms with Crippen molar-refractivity contribution in [1.82, 2.24) is 0 Å². The summed E-state index contributed by atoms with van der Waals surface area (Å²) in [6.45, 7) is 11.1. The van der Waals surface area contributed by atoms with E-state index >= 15 is 0 Å². The van der Waals surface area contributed by atoms with Gasteiger partial charge >= 0.3 is 0 Å². The van der Waals surface area contributed by atoms with Crippen molar-refractivity contribution in [1.29, 1.82) is 0 Å². The van der Waals surface area contributed by atoms with Crippen LogP contribution in [0.25, 0.3) is 11.1 Å². The highest BCUT2D eigenvalue weighted by atomic mass is 79.9. The molecule has 0 N–H and O–H groups in total. The lowest BCUT2D eigenvalue weighted by Gasteiger charge is -2.33. The van der Waals surface area contributed by atoms with Crippen molar-refractivity contribution in [2.45, 2.75) is 45.6 Å². The molecule has 0 radical (unpaired) electrons. The number of hydrogen-bond donors (Lipinski definition) is 0. The fourth-order valence-electron chi connectivity index (χ4n) is 4.71. The molecule has 35 heavy (non-hydrogen) atoms. The summed E-state index contributed by atoms with van der Waals surface area (Å²) in [4.78, 5) is 2.31. The molecule has 4 aromatic rings. The molecule has 0 fully saturated rings. The van der Waals surface area contributed by atoms with E-state index in [0.717, 1.165) is 31.8 Å². The van der Waals surface area contributed by atoms with Crippen molar-refractivity contribution in [3.8, 4) is 16.9 Å². The molecule has 1 aliphatic rings. The molecule has 1 aliphatic heterocycles. The first kappa shape index (κ1) is 24.1. The third-order valence-electron chi connectivity index (χ3n) is 7.46. The Balaban J connectivity index is 1.57. The van der Waals surface area contributed by atoms with E-state index in [4.69, 9.17) is 4.74 Å². The molecule has 0 aliphatic carbocycles.